The van der Waals surface area contributed by atoms with Gasteiger partial charge in [-0.1, -0.05) is 70.9 Å². The molecule has 34 nitrogen and oxygen atoms in total. The molecule has 0 bridgehead atoms. The number of aldehydes is 1. The highest BCUT2D eigenvalue weighted by Gasteiger charge is 2.37. The fourth-order valence-electron chi connectivity index (χ4n) is 7.90. The molecule has 89 heavy (non-hydrogen) atoms. The summed E-state index contributed by atoms with van der Waals surface area (Å²) in [5.41, 5.74) is 27.9. The maximum Gasteiger partial charge on any atom is 0.305 e. The average Bonchev–Trinajstić information content (AvgIpc) is 3.68. The van der Waals surface area contributed by atoms with Crippen LogP contribution >= 0.6 is 25.3 Å². The summed E-state index contributed by atoms with van der Waals surface area (Å²) in [5, 5.41) is 55.3. The van der Waals surface area contributed by atoms with Gasteiger partial charge < -0.3 is 107 Å². The van der Waals surface area contributed by atoms with Gasteiger partial charge in [0.1, 0.15) is 60.7 Å². The molecule has 11 amide bonds. The van der Waals surface area contributed by atoms with Crippen molar-refractivity contribution in [3.05, 3.63) is 35.9 Å². The molecule has 1 rings (SSSR count). The lowest BCUT2D eigenvalue weighted by Gasteiger charge is -2.29. The van der Waals surface area contributed by atoms with E-state index in [0.29, 0.717) is 18.3 Å². The fraction of sp³-hybridized carbons (Fsp3) is 0.604. The summed E-state index contributed by atoms with van der Waals surface area (Å²) in [5.74, 6) is -14.2. The smallest absolute Gasteiger partial charge is 0.305 e. The minimum Gasteiger partial charge on any atom is -0.481 e. The molecular weight excluding hydrogens is 1210 g/mol. The van der Waals surface area contributed by atoms with E-state index in [1.165, 1.54) is 0 Å². The van der Waals surface area contributed by atoms with Gasteiger partial charge in [-0.3, -0.25) is 67.5 Å². The first-order valence-corrected chi connectivity index (χ1v) is 29.6. The zero-order valence-corrected chi connectivity index (χ0v) is 51.8. The highest BCUT2D eigenvalue weighted by molar-refractivity contribution is 7.80. The normalized spacial score (nSPS) is 14.9. The number of carbonyl (C=O) groups is 13. The van der Waals surface area contributed by atoms with Gasteiger partial charge >= 0.3 is 5.97 Å². The Morgan fingerprint density at radius 2 is 0.978 bits per heavy atom. The predicted octanol–water partition coefficient (Wildman–Crippen LogP) is -8.13. The summed E-state index contributed by atoms with van der Waals surface area (Å²) >= 11 is 8.18. The number of benzene rings is 1. The Labute approximate surface area is 525 Å². The van der Waals surface area contributed by atoms with Crippen LogP contribution in [0, 0.1) is 11.8 Å². The van der Waals surface area contributed by atoms with Gasteiger partial charge in [0.15, 0.2) is 11.9 Å². The molecule has 1 aromatic carbocycles. The van der Waals surface area contributed by atoms with Gasteiger partial charge in [-0.2, -0.15) is 25.3 Å². The molecule has 24 N–H and O–H groups in total. The summed E-state index contributed by atoms with van der Waals surface area (Å²) in [4.78, 5) is 180. The summed E-state index contributed by atoms with van der Waals surface area (Å²) in [6, 6.07) is -6.07. The Morgan fingerprint density at radius 1 is 0.528 bits per heavy atom. The third-order valence-corrected chi connectivity index (χ3v) is 14.2. The molecule has 0 aliphatic rings. The third kappa shape index (κ3) is 30.4. The van der Waals surface area contributed by atoms with Crippen LogP contribution in [0.3, 0.4) is 0 Å². The molecule has 0 saturated carbocycles. The Bertz CT molecular complexity index is 2600. The maximum absolute atomic E-state index is 14.2. The van der Waals surface area contributed by atoms with Crippen LogP contribution in [0.5, 0.6) is 0 Å². The van der Waals surface area contributed by atoms with Crippen molar-refractivity contribution < 1.29 is 77.6 Å². The molecule has 0 saturated heterocycles. The van der Waals surface area contributed by atoms with Crippen LogP contribution in [0.1, 0.15) is 78.2 Å². The number of nitrogens with one attached hydrogen (secondary N) is 11. The zero-order valence-electron chi connectivity index (χ0n) is 50.0. The number of aliphatic carboxylic acids is 1. The van der Waals surface area contributed by atoms with E-state index >= 15 is 0 Å². The van der Waals surface area contributed by atoms with Crippen molar-refractivity contribution in [1.82, 2.24) is 58.5 Å². The number of hydrogen-bond donors (Lipinski definition) is 21. The average molecular weight is 1300 g/mol. The number of carbonyl (C=O) groups excluding carboxylic acids is 12. The van der Waals surface area contributed by atoms with Crippen molar-refractivity contribution in [2.24, 2.45) is 50.5 Å². The lowest BCUT2D eigenvalue weighted by atomic mass is 9.96. The van der Waals surface area contributed by atoms with E-state index in [1.54, 1.807) is 58.0 Å². The monoisotopic (exact) mass is 1300 g/mol. The Morgan fingerprint density at radius 3 is 1.45 bits per heavy atom. The number of amides is 11. The number of rotatable bonds is 43. The Balaban J connectivity index is 3.38. The van der Waals surface area contributed by atoms with E-state index in [4.69, 9.17) is 33.8 Å². The highest BCUT2D eigenvalue weighted by Crippen LogP contribution is 2.14. The van der Waals surface area contributed by atoms with Crippen LogP contribution in [0.15, 0.2) is 40.3 Å². The van der Waals surface area contributed by atoms with E-state index in [9.17, 15) is 72.5 Å². The molecule has 0 radical (unpaired) electrons. The molecule has 12 atom stereocenters. The molecule has 0 spiro atoms. The van der Waals surface area contributed by atoms with Crippen LogP contribution in [-0.4, -0.2) is 216 Å². The van der Waals surface area contributed by atoms with Gasteiger partial charge in [0.2, 0.25) is 65.0 Å². The van der Waals surface area contributed by atoms with Crippen LogP contribution < -0.4 is 87.2 Å². The molecule has 0 aromatic heterocycles. The number of aliphatic hydroxyl groups excluding tert-OH is 2. The first kappa shape index (κ1) is 78.7. The van der Waals surface area contributed by atoms with Crippen molar-refractivity contribution in [1.29, 1.82) is 0 Å². The van der Waals surface area contributed by atoms with E-state index in [1.807, 2.05) is 0 Å². The number of nitrogens with two attached hydrogens (primary N) is 5. The Hall–Kier alpha value is -8.35. The van der Waals surface area contributed by atoms with Gasteiger partial charge in [0.25, 0.3) is 0 Å². The molecule has 1 aromatic rings. The lowest BCUT2D eigenvalue weighted by Crippen LogP contribution is -2.61. The number of nitrogens with zero attached hydrogens (tertiary/aromatic N) is 2. The number of thiol groups is 2. The summed E-state index contributed by atoms with van der Waals surface area (Å²) < 4.78 is 0. The Kier molecular flexibility index (Phi) is 37.6. The first-order valence-electron chi connectivity index (χ1n) is 28.4. The van der Waals surface area contributed by atoms with E-state index < -0.39 is 176 Å². The second-order valence-electron chi connectivity index (χ2n) is 20.4. The quantitative estimate of drug-likeness (QED) is 0.00949. The van der Waals surface area contributed by atoms with Crippen LogP contribution in [0.4, 0.5) is 0 Å². The van der Waals surface area contributed by atoms with Crippen LogP contribution in [-0.2, 0) is 68.7 Å². The van der Waals surface area contributed by atoms with Gasteiger partial charge in [-0.25, -0.2) is 0 Å². The number of guanidine groups is 2. The van der Waals surface area contributed by atoms with Gasteiger partial charge in [0, 0.05) is 31.0 Å². The van der Waals surface area contributed by atoms with Crippen LogP contribution in [0.25, 0.3) is 0 Å². The number of hydrogen-bond acceptors (Lipinski definition) is 20. The molecule has 0 heterocycles. The molecular formula is C53H88N18O16S2. The third-order valence-electron chi connectivity index (χ3n) is 13.4. The molecule has 0 aliphatic carbocycles. The van der Waals surface area contributed by atoms with Gasteiger partial charge in [0.05, 0.1) is 38.8 Å². The van der Waals surface area contributed by atoms with E-state index in [0.717, 1.165) is 0 Å². The molecule has 0 fully saturated rings. The highest BCUT2D eigenvalue weighted by atomic mass is 32.1. The summed E-state index contributed by atoms with van der Waals surface area (Å²) in [6.07, 6.45) is -0.299. The van der Waals surface area contributed by atoms with Gasteiger partial charge in [-0.05, 0) is 43.1 Å². The van der Waals surface area contributed by atoms with Crippen molar-refractivity contribution >= 4 is 114 Å². The largest absolute Gasteiger partial charge is 0.481 e. The summed E-state index contributed by atoms with van der Waals surface area (Å²) in [6.45, 7) is 3.35. The number of carboxylic acid groups (broad SMARTS) is 1. The van der Waals surface area contributed by atoms with E-state index in [2.05, 4.69) is 93.7 Å². The van der Waals surface area contributed by atoms with Crippen molar-refractivity contribution in [2.75, 3.05) is 50.9 Å². The fourth-order valence-corrected chi connectivity index (χ4v) is 8.33. The lowest BCUT2D eigenvalue weighted by molar-refractivity contribution is -0.142. The second kappa shape index (κ2) is 42.5. The minimum absolute atomic E-state index is 0.0202. The second-order valence-corrected chi connectivity index (χ2v) is 21.2. The number of aliphatic hydroxyl groups is 2. The van der Waals surface area contributed by atoms with E-state index in [-0.39, 0.29) is 75.0 Å². The maximum atomic E-state index is 14.2. The zero-order chi connectivity index (χ0) is 67.3. The minimum atomic E-state index is -1.88. The SMILES string of the molecule is CC[C@H](C)[C@H](NC(=O)[C@H](CCCN=C(N)N)NC(=O)[C@H](CC(=O)O)NC(=O)[C@@H](NC(=O)[C@H](CCCN=C(N)N)NC(=O)CNC(=O)CNC(=O)[C@H](Cc1ccccc1)NC(=O)[C@H](CS)NC(=O)[C@H](CO)NC(=O)[C@@H](N)CO)[C@@H](C)CC)C(=O)N[C@H](C=O)CS. The van der Waals surface area contributed by atoms with Crippen molar-refractivity contribution in [3.63, 3.8) is 0 Å². The standard InChI is InChI=1S/C53H88N18O16S2/c1-5-27(3)41(50(86)63-30(22-72)25-88)70-46(82)33(15-11-17-60-53(57)58)65-47(83)35(19-40(77)78)67-51(87)42(28(4)6-2)71-45(81)32(14-10-16-59-52(55)56)64-39(76)21-61-38(75)20-62-44(80)34(18-29-12-8-7-9-13-29)66-49(85)37(26-89)69-48(84)36(24-74)68-43(79)31(54)23-73/h7-9,12-13,22,27-28,30-37,41-42,73-74,88-89H,5-6,10-11,14-21,23-26,54H2,1-4H3,(H,61,75)(H,62,80)(H,63,86)(H,64,76)(H,65,83)(H,66,85)(H,67,87)(H,68,79)(H,69,84)(H,70,82)(H,71,81)(H,77,78)(H4,55,56,59)(H4,57,58,60)/t27-,28-,30+,31-,32-,33-,34-,35-,36-,37-,41-,42-/m0/s1. The molecule has 0 unspecified atom stereocenters. The predicted molar refractivity (Wildman–Crippen MR) is 330 cm³/mol. The van der Waals surface area contributed by atoms with Crippen molar-refractivity contribution in [2.45, 2.75) is 139 Å². The molecule has 0 aliphatic heterocycles. The molecule has 36 heteroatoms. The summed E-state index contributed by atoms with van der Waals surface area (Å²) in [7, 11) is 0. The number of aliphatic imine (C=N–C) groups is 2. The topological polar surface area (TPSA) is 570 Å². The molecule has 498 valence electrons. The number of carboxylic acids is 1. The van der Waals surface area contributed by atoms with Crippen LogP contribution in [0.2, 0.25) is 0 Å². The first-order chi connectivity index (χ1) is 42.1. The van der Waals surface area contributed by atoms with Gasteiger partial charge in [-0.15, -0.1) is 0 Å². The van der Waals surface area contributed by atoms with Crippen molar-refractivity contribution in [3.8, 4) is 0 Å².